The SMILES string of the molecule is CCCN(CCCCNC(=O)c1ccc(-c2ccccc2)cc1)[C@@H]1CC[C@@H]2C(=O)CCCC2C1. The Labute approximate surface area is 205 Å². The molecule has 2 saturated carbocycles. The standard InChI is InChI=1S/C30H40N2O2/c1-2-20-32(27-17-18-28-26(22-27)11-8-12-29(28)33)21-7-6-19-31-30(34)25-15-13-24(14-16-25)23-9-4-3-5-10-23/h3-5,9-10,13-16,26-28H,2,6-8,11-12,17-22H2,1H3,(H,31,34)/t26?,27-,28+/m1/s1. The first-order valence-electron chi connectivity index (χ1n) is 13.4. The van der Waals surface area contributed by atoms with E-state index in [0.717, 1.165) is 56.3 Å². The molecule has 2 aromatic carbocycles. The van der Waals surface area contributed by atoms with Gasteiger partial charge in [0.1, 0.15) is 5.78 Å². The molecule has 1 amide bonds. The van der Waals surface area contributed by atoms with E-state index in [1.807, 2.05) is 42.5 Å². The summed E-state index contributed by atoms with van der Waals surface area (Å²) in [6.45, 7) is 5.19. The van der Waals surface area contributed by atoms with Crippen LogP contribution in [0.4, 0.5) is 0 Å². The number of hydrogen-bond donors (Lipinski definition) is 1. The van der Waals surface area contributed by atoms with Gasteiger partial charge in [-0.15, -0.1) is 0 Å². The van der Waals surface area contributed by atoms with Crippen LogP contribution >= 0.6 is 0 Å². The number of fused-ring (bicyclic) bond motifs is 1. The second kappa shape index (κ2) is 12.3. The van der Waals surface area contributed by atoms with Gasteiger partial charge in [-0.05, 0) is 93.6 Å². The summed E-state index contributed by atoms with van der Waals surface area (Å²) in [6, 6.07) is 18.7. The maximum Gasteiger partial charge on any atom is 0.251 e. The fourth-order valence-corrected chi connectivity index (χ4v) is 5.99. The lowest BCUT2D eigenvalue weighted by molar-refractivity contribution is -0.128. The van der Waals surface area contributed by atoms with Crippen molar-refractivity contribution in [2.45, 2.75) is 70.8 Å². The summed E-state index contributed by atoms with van der Waals surface area (Å²) in [7, 11) is 0. The largest absolute Gasteiger partial charge is 0.352 e. The van der Waals surface area contributed by atoms with Crippen molar-refractivity contribution in [2.75, 3.05) is 19.6 Å². The van der Waals surface area contributed by atoms with Gasteiger partial charge in [-0.25, -0.2) is 0 Å². The topological polar surface area (TPSA) is 49.4 Å². The quantitative estimate of drug-likeness (QED) is 0.435. The number of amides is 1. The van der Waals surface area contributed by atoms with E-state index >= 15 is 0 Å². The van der Waals surface area contributed by atoms with E-state index in [0.29, 0.717) is 35.8 Å². The van der Waals surface area contributed by atoms with Crippen LogP contribution in [0.15, 0.2) is 54.6 Å². The second-order valence-electron chi connectivity index (χ2n) is 10.1. The van der Waals surface area contributed by atoms with Gasteiger partial charge in [0.15, 0.2) is 0 Å². The van der Waals surface area contributed by atoms with E-state index in [4.69, 9.17) is 0 Å². The molecule has 1 N–H and O–H groups in total. The van der Waals surface area contributed by atoms with Crippen LogP contribution in [0.1, 0.15) is 75.1 Å². The molecule has 4 rings (SSSR count). The molecule has 4 heteroatoms. The lowest BCUT2D eigenvalue weighted by Crippen LogP contribution is -2.44. The smallest absolute Gasteiger partial charge is 0.251 e. The van der Waals surface area contributed by atoms with Crippen molar-refractivity contribution in [2.24, 2.45) is 11.8 Å². The lowest BCUT2D eigenvalue weighted by atomic mass is 9.68. The fourth-order valence-electron chi connectivity index (χ4n) is 5.99. The molecule has 0 aromatic heterocycles. The average molecular weight is 461 g/mol. The van der Waals surface area contributed by atoms with Gasteiger partial charge in [0.25, 0.3) is 5.91 Å². The van der Waals surface area contributed by atoms with Crippen molar-refractivity contribution in [3.63, 3.8) is 0 Å². The predicted molar refractivity (Wildman–Crippen MR) is 139 cm³/mol. The summed E-state index contributed by atoms with van der Waals surface area (Å²) in [5.74, 6) is 1.50. The zero-order valence-corrected chi connectivity index (χ0v) is 20.7. The summed E-state index contributed by atoms with van der Waals surface area (Å²) in [5.41, 5.74) is 3.00. The van der Waals surface area contributed by atoms with Crippen molar-refractivity contribution in [1.29, 1.82) is 0 Å². The number of Topliss-reactive ketones (excluding diaryl/α,β-unsaturated/α-hetero) is 1. The van der Waals surface area contributed by atoms with Crippen LogP contribution in [0.25, 0.3) is 11.1 Å². The van der Waals surface area contributed by atoms with Crippen molar-refractivity contribution in [3.05, 3.63) is 60.2 Å². The minimum Gasteiger partial charge on any atom is -0.352 e. The number of rotatable bonds is 10. The maximum absolute atomic E-state index is 12.6. The monoisotopic (exact) mass is 460 g/mol. The van der Waals surface area contributed by atoms with E-state index in [2.05, 4.69) is 29.3 Å². The zero-order valence-electron chi connectivity index (χ0n) is 20.7. The van der Waals surface area contributed by atoms with Crippen LogP contribution in [0.3, 0.4) is 0 Å². The van der Waals surface area contributed by atoms with E-state index in [9.17, 15) is 9.59 Å². The highest BCUT2D eigenvalue weighted by molar-refractivity contribution is 5.94. The summed E-state index contributed by atoms with van der Waals surface area (Å²) < 4.78 is 0. The molecule has 4 nitrogen and oxygen atoms in total. The number of carbonyl (C=O) groups is 2. The normalized spacial score (nSPS) is 22.4. The third-order valence-corrected chi connectivity index (χ3v) is 7.81. The molecule has 2 fully saturated rings. The Morgan fingerprint density at radius 1 is 0.941 bits per heavy atom. The number of carbonyl (C=O) groups excluding carboxylic acids is 2. The highest BCUT2D eigenvalue weighted by Crippen LogP contribution is 2.40. The molecular weight excluding hydrogens is 420 g/mol. The summed E-state index contributed by atoms with van der Waals surface area (Å²) in [5, 5.41) is 3.09. The first-order chi connectivity index (χ1) is 16.7. The average Bonchev–Trinajstić information content (AvgIpc) is 2.88. The molecule has 0 spiro atoms. The Morgan fingerprint density at radius 2 is 1.71 bits per heavy atom. The summed E-state index contributed by atoms with van der Waals surface area (Å²) in [6.07, 6.45) is 9.86. The molecule has 3 atom stereocenters. The van der Waals surface area contributed by atoms with E-state index in [1.165, 1.54) is 25.7 Å². The number of ketones is 1. The van der Waals surface area contributed by atoms with E-state index < -0.39 is 0 Å². The highest BCUT2D eigenvalue weighted by atomic mass is 16.1. The minimum absolute atomic E-state index is 0.00492. The number of benzene rings is 2. The Bertz CT molecular complexity index is 925. The molecule has 1 unspecified atom stereocenters. The molecule has 2 aliphatic carbocycles. The van der Waals surface area contributed by atoms with Gasteiger partial charge in [0, 0.05) is 30.5 Å². The van der Waals surface area contributed by atoms with Gasteiger partial charge in [-0.3, -0.25) is 9.59 Å². The molecule has 34 heavy (non-hydrogen) atoms. The first-order valence-corrected chi connectivity index (χ1v) is 13.4. The number of unbranched alkanes of at least 4 members (excludes halogenated alkanes) is 1. The fraction of sp³-hybridized carbons (Fsp3) is 0.533. The van der Waals surface area contributed by atoms with Gasteiger partial charge in [0.05, 0.1) is 0 Å². The van der Waals surface area contributed by atoms with E-state index in [-0.39, 0.29) is 5.91 Å². The molecule has 0 saturated heterocycles. The molecule has 0 radical (unpaired) electrons. The van der Waals surface area contributed by atoms with Crippen LogP contribution in [0.2, 0.25) is 0 Å². The first kappa shape index (κ1) is 24.7. The second-order valence-corrected chi connectivity index (χ2v) is 10.1. The predicted octanol–water partition coefficient (Wildman–Crippen LogP) is 6.11. The Morgan fingerprint density at radius 3 is 2.47 bits per heavy atom. The van der Waals surface area contributed by atoms with Crippen molar-refractivity contribution in [1.82, 2.24) is 10.2 Å². The van der Waals surface area contributed by atoms with Gasteiger partial charge in [-0.2, -0.15) is 0 Å². The molecule has 2 aromatic rings. The molecular formula is C30H40N2O2. The summed E-state index contributed by atoms with van der Waals surface area (Å²) >= 11 is 0. The molecule has 2 aliphatic rings. The van der Waals surface area contributed by atoms with Gasteiger partial charge in [0.2, 0.25) is 0 Å². The van der Waals surface area contributed by atoms with Gasteiger partial charge >= 0.3 is 0 Å². The Kier molecular flexibility index (Phi) is 8.92. The third-order valence-electron chi connectivity index (χ3n) is 7.81. The zero-order chi connectivity index (χ0) is 23.8. The van der Waals surface area contributed by atoms with Crippen molar-refractivity contribution < 1.29 is 9.59 Å². The van der Waals surface area contributed by atoms with Crippen LogP contribution in [0, 0.1) is 11.8 Å². The number of hydrogen-bond acceptors (Lipinski definition) is 3. The molecule has 182 valence electrons. The van der Waals surface area contributed by atoms with Crippen LogP contribution in [-0.2, 0) is 4.79 Å². The lowest BCUT2D eigenvalue weighted by Gasteiger charge is -2.42. The van der Waals surface area contributed by atoms with Crippen LogP contribution in [-0.4, -0.2) is 42.3 Å². The number of nitrogens with one attached hydrogen (secondary N) is 1. The summed E-state index contributed by atoms with van der Waals surface area (Å²) in [4.78, 5) is 27.5. The minimum atomic E-state index is 0.00492. The third kappa shape index (κ3) is 6.35. The van der Waals surface area contributed by atoms with Crippen molar-refractivity contribution in [3.8, 4) is 11.1 Å². The Hall–Kier alpha value is -2.46. The Balaban J connectivity index is 1.19. The van der Waals surface area contributed by atoms with Crippen molar-refractivity contribution >= 4 is 11.7 Å². The molecule has 0 bridgehead atoms. The molecule has 0 heterocycles. The van der Waals surface area contributed by atoms with Gasteiger partial charge in [-0.1, -0.05) is 49.4 Å². The number of nitrogens with zero attached hydrogens (tertiary/aromatic N) is 1. The van der Waals surface area contributed by atoms with E-state index in [1.54, 1.807) is 0 Å². The van der Waals surface area contributed by atoms with Crippen LogP contribution < -0.4 is 5.32 Å². The molecule has 0 aliphatic heterocycles. The maximum atomic E-state index is 12.6. The highest BCUT2D eigenvalue weighted by Gasteiger charge is 2.38. The van der Waals surface area contributed by atoms with Gasteiger partial charge < -0.3 is 10.2 Å². The van der Waals surface area contributed by atoms with Crippen LogP contribution in [0.5, 0.6) is 0 Å².